The average molecular weight is 348 g/mol. The fraction of sp³-hybridized carbons (Fsp3) is 0.700. The first kappa shape index (κ1) is 19.5. The monoisotopic (exact) mass is 348 g/mol. The highest BCUT2D eigenvalue weighted by Crippen LogP contribution is 2.19. The SMILES string of the molecule is CCCCN(CCC(=O)N1CCC(C)CC1)C(=O)c1cc(C)oc1C. The van der Waals surface area contributed by atoms with Crippen molar-refractivity contribution < 1.29 is 14.0 Å². The molecule has 0 radical (unpaired) electrons. The van der Waals surface area contributed by atoms with E-state index >= 15 is 0 Å². The molecule has 1 saturated heterocycles. The molecule has 0 aliphatic carbocycles. The van der Waals surface area contributed by atoms with Gasteiger partial charge in [0, 0.05) is 32.6 Å². The van der Waals surface area contributed by atoms with Gasteiger partial charge in [-0.1, -0.05) is 20.3 Å². The largest absolute Gasteiger partial charge is 0.466 e. The summed E-state index contributed by atoms with van der Waals surface area (Å²) in [5.74, 6) is 2.25. The standard InChI is InChI=1S/C20H32N2O3/c1-5-6-10-22(20(24)18-14-16(3)25-17(18)4)13-9-19(23)21-11-7-15(2)8-12-21/h14-15H,5-13H2,1-4H3. The summed E-state index contributed by atoms with van der Waals surface area (Å²) in [5.41, 5.74) is 0.618. The molecule has 5 heteroatoms. The summed E-state index contributed by atoms with van der Waals surface area (Å²) in [6.07, 6.45) is 4.53. The molecule has 0 saturated carbocycles. The van der Waals surface area contributed by atoms with Crippen LogP contribution in [0.1, 0.15) is 67.8 Å². The second-order valence-electron chi connectivity index (χ2n) is 7.29. The molecule has 140 valence electrons. The Morgan fingerprint density at radius 1 is 1.24 bits per heavy atom. The number of unbranched alkanes of at least 4 members (excludes halogenated alkanes) is 1. The van der Waals surface area contributed by atoms with Crippen molar-refractivity contribution in [2.24, 2.45) is 5.92 Å². The third-order valence-corrected chi connectivity index (χ3v) is 5.07. The summed E-state index contributed by atoms with van der Waals surface area (Å²) >= 11 is 0. The summed E-state index contributed by atoms with van der Waals surface area (Å²) in [5, 5.41) is 0. The first-order chi connectivity index (χ1) is 11.9. The molecule has 5 nitrogen and oxygen atoms in total. The molecule has 25 heavy (non-hydrogen) atoms. The van der Waals surface area contributed by atoms with Crippen LogP contribution in [0.25, 0.3) is 0 Å². The van der Waals surface area contributed by atoms with Crippen LogP contribution in [0, 0.1) is 19.8 Å². The molecule has 0 N–H and O–H groups in total. The first-order valence-corrected chi connectivity index (χ1v) is 9.56. The predicted octanol–water partition coefficient (Wildman–Crippen LogP) is 3.79. The van der Waals surface area contributed by atoms with Crippen LogP contribution < -0.4 is 0 Å². The number of likely N-dealkylation sites (tertiary alicyclic amines) is 1. The Hall–Kier alpha value is -1.78. The van der Waals surface area contributed by atoms with Gasteiger partial charge in [-0.25, -0.2) is 0 Å². The van der Waals surface area contributed by atoms with Gasteiger partial charge in [-0.3, -0.25) is 9.59 Å². The van der Waals surface area contributed by atoms with E-state index in [0.29, 0.717) is 36.8 Å². The van der Waals surface area contributed by atoms with Gasteiger partial charge in [0.05, 0.1) is 5.56 Å². The molecule has 0 spiro atoms. The molecule has 0 aromatic carbocycles. The Balaban J connectivity index is 1.96. The second kappa shape index (κ2) is 9.07. The van der Waals surface area contributed by atoms with Crippen LogP contribution in [0.2, 0.25) is 0 Å². The van der Waals surface area contributed by atoms with E-state index in [1.165, 1.54) is 0 Å². The first-order valence-electron chi connectivity index (χ1n) is 9.56. The minimum atomic E-state index is -0.0251. The number of aryl methyl sites for hydroxylation is 2. The van der Waals surface area contributed by atoms with E-state index in [1.807, 2.05) is 23.6 Å². The number of carbonyl (C=O) groups excluding carboxylic acids is 2. The van der Waals surface area contributed by atoms with Crippen molar-refractivity contribution in [3.05, 3.63) is 23.2 Å². The third-order valence-electron chi connectivity index (χ3n) is 5.07. The molecule has 1 aliphatic heterocycles. The normalized spacial score (nSPS) is 15.4. The van der Waals surface area contributed by atoms with Gasteiger partial charge in [0.25, 0.3) is 5.91 Å². The van der Waals surface area contributed by atoms with Gasteiger partial charge in [0.1, 0.15) is 11.5 Å². The van der Waals surface area contributed by atoms with Crippen LogP contribution in [-0.4, -0.2) is 47.8 Å². The van der Waals surface area contributed by atoms with Crippen molar-refractivity contribution in [3.63, 3.8) is 0 Å². The molecule has 1 aromatic rings. The molecule has 1 aromatic heterocycles. The molecule has 0 unspecified atom stereocenters. The second-order valence-corrected chi connectivity index (χ2v) is 7.29. The minimum absolute atomic E-state index is 0.0251. The van der Waals surface area contributed by atoms with Gasteiger partial charge in [0.2, 0.25) is 5.91 Å². The highest BCUT2D eigenvalue weighted by molar-refractivity contribution is 5.95. The fourth-order valence-electron chi connectivity index (χ4n) is 3.32. The van der Waals surface area contributed by atoms with Gasteiger partial charge in [-0.05, 0) is 45.1 Å². The van der Waals surface area contributed by atoms with Crippen molar-refractivity contribution in [3.8, 4) is 0 Å². The molecule has 1 aliphatic rings. The maximum atomic E-state index is 12.9. The lowest BCUT2D eigenvalue weighted by atomic mass is 9.99. The number of furan rings is 1. The van der Waals surface area contributed by atoms with Gasteiger partial charge in [0.15, 0.2) is 0 Å². The number of piperidine rings is 1. The van der Waals surface area contributed by atoms with Crippen molar-refractivity contribution in [2.75, 3.05) is 26.2 Å². The van der Waals surface area contributed by atoms with Gasteiger partial charge in [-0.15, -0.1) is 0 Å². The number of amides is 2. The molecule has 0 bridgehead atoms. The van der Waals surface area contributed by atoms with Gasteiger partial charge >= 0.3 is 0 Å². The lowest BCUT2D eigenvalue weighted by Gasteiger charge is -2.31. The van der Waals surface area contributed by atoms with Crippen LogP contribution in [0.15, 0.2) is 10.5 Å². The highest BCUT2D eigenvalue weighted by Gasteiger charge is 2.24. The molecular formula is C20H32N2O3. The van der Waals surface area contributed by atoms with E-state index in [1.54, 1.807) is 6.07 Å². The maximum Gasteiger partial charge on any atom is 0.257 e. The van der Waals surface area contributed by atoms with E-state index < -0.39 is 0 Å². The van der Waals surface area contributed by atoms with E-state index in [4.69, 9.17) is 4.42 Å². The van der Waals surface area contributed by atoms with Gasteiger partial charge in [-0.2, -0.15) is 0 Å². The summed E-state index contributed by atoms with van der Waals surface area (Å²) in [6, 6.07) is 1.80. The van der Waals surface area contributed by atoms with Crippen molar-refractivity contribution >= 4 is 11.8 Å². The van der Waals surface area contributed by atoms with Crippen molar-refractivity contribution in [1.82, 2.24) is 9.80 Å². The predicted molar refractivity (Wildman–Crippen MR) is 98.6 cm³/mol. The molecular weight excluding hydrogens is 316 g/mol. The topological polar surface area (TPSA) is 53.8 Å². The van der Waals surface area contributed by atoms with Crippen LogP contribution in [-0.2, 0) is 4.79 Å². The molecule has 2 amide bonds. The summed E-state index contributed by atoms with van der Waals surface area (Å²) in [7, 11) is 0. The van der Waals surface area contributed by atoms with Crippen LogP contribution >= 0.6 is 0 Å². The van der Waals surface area contributed by atoms with Crippen LogP contribution in [0.5, 0.6) is 0 Å². The number of carbonyl (C=O) groups is 2. The third kappa shape index (κ3) is 5.35. The lowest BCUT2D eigenvalue weighted by molar-refractivity contribution is -0.132. The van der Waals surface area contributed by atoms with E-state index in [-0.39, 0.29) is 11.8 Å². The maximum absolute atomic E-state index is 12.9. The van der Waals surface area contributed by atoms with Gasteiger partial charge < -0.3 is 14.2 Å². The Kier molecular flexibility index (Phi) is 7.09. The summed E-state index contributed by atoms with van der Waals surface area (Å²) < 4.78 is 5.50. The lowest BCUT2D eigenvalue weighted by Crippen LogP contribution is -2.41. The zero-order chi connectivity index (χ0) is 18.4. The Labute approximate surface area is 151 Å². The molecule has 2 rings (SSSR count). The van der Waals surface area contributed by atoms with Crippen LogP contribution in [0.3, 0.4) is 0 Å². The number of nitrogens with zero attached hydrogens (tertiary/aromatic N) is 2. The molecule has 1 fully saturated rings. The average Bonchev–Trinajstić information content (AvgIpc) is 2.93. The summed E-state index contributed by atoms with van der Waals surface area (Å²) in [4.78, 5) is 29.1. The fourth-order valence-corrected chi connectivity index (χ4v) is 3.32. The molecule has 0 atom stereocenters. The minimum Gasteiger partial charge on any atom is -0.466 e. The van der Waals surface area contributed by atoms with E-state index in [2.05, 4.69) is 13.8 Å². The Morgan fingerprint density at radius 3 is 2.48 bits per heavy atom. The van der Waals surface area contributed by atoms with Crippen LogP contribution in [0.4, 0.5) is 0 Å². The smallest absolute Gasteiger partial charge is 0.257 e. The number of hydrogen-bond donors (Lipinski definition) is 0. The van der Waals surface area contributed by atoms with E-state index in [9.17, 15) is 9.59 Å². The van der Waals surface area contributed by atoms with Crippen molar-refractivity contribution in [2.45, 2.75) is 59.8 Å². The zero-order valence-corrected chi connectivity index (χ0v) is 16.1. The van der Waals surface area contributed by atoms with Crippen molar-refractivity contribution in [1.29, 1.82) is 0 Å². The zero-order valence-electron chi connectivity index (χ0n) is 16.1. The Bertz CT molecular complexity index is 586. The number of rotatable bonds is 7. The highest BCUT2D eigenvalue weighted by atomic mass is 16.3. The quantitative estimate of drug-likeness (QED) is 0.753. The Morgan fingerprint density at radius 2 is 1.92 bits per heavy atom. The number of hydrogen-bond acceptors (Lipinski definition) is 3. The van der Waals surface area contributed by atoms with E-state index in [0.717, 1.165) is 44.5 Å². The summed E-state index contributed by atoms with van der Waals surface area (Å²) in [6.45, 7) is 10.9. The molecule has 2 heterocycles.